The molecule has 0 spiro atoms. The summed E-state index contributed by atoms with van der Waals surface area (Å²) in [7, 11) is 0. The molecular weight excluding hydrogens is 214 g/mol. The van der Waals surface area contributed by atoms with Crippen molar-refractivity contribution in [3.8, 4) is 5.69 Å². The highest BCUT2D eigenvalue weighted by atomic mass is 16.2. The molecule has 3 rings (SSSR count). The lowest BCUT2D eigenvalue weighted by molar-refractivity contribution is -0.117. The van der Waals surface area contributed by atoms with Crippen LogP contribution in [0.15, 0.2) is 43.0 Å². The van der Waals surface area contributed by atoms with Crippen LogP contribution in [0.4, 0.5) is 5.69 Å². The van der Waals surface area contributed by atoms with E-state index in [0.29, 0.717) is 0 Å². The van der Waals surface area contributed by atoms with Crippen molar-refractivity contribution in [3.05, 3.63) is 43.0 Å². The van der Waals surface area contributed by atoms with Crippen LogP contribution in [-0.4, -0.2) is 15.5 Å². The molecule has 0 unspecified atom stereocenters. The minimum Gasteiger partial charge on any atom is -0.326 e. The van der Waals surface area contributed by atoms with Gasteiger partial charge in [-0.05, 0) is 37.1 Å². The van der Waals surface area contributed by atoms with E-state index in [0.717, 1.165) is 24.2 Å². The second-order valence-corrected chi connectivity index (χ2v) is 4.28. The smallest absolute Gasteiger partial charge is 0.227 e. The Labute approximate surface area is 99.3 Å². The van der Waals surface area contributed by atoms with E-state index in [4.69, 9.17) is 0 Å². The first-order valence-electron chi connectivity index (χ1n) is 5.72. The molecule has 17 heavy (non-hydrogen) atoms. The fourth-order valence-electron chi connectivity index (χ4n) is 1.72. The Balaban J connectivity index is 1.73. The van der Waals surface area contributed by atoms with Crippen LogP contribution in [-0.2, 0) is 4.79 Å². The van der Waals surface area contributed by atoms with Gasteiger partial charge in [0.2, 0.25) is 5.91 Å². The first kappa shape index (κ1) is 10.1. The van der Waals surface area contributed by atoms with Crippen LogP contribution < -0.4 is 5.32 Å². The third-order valence-corrected chi connectivity index (χ3v) is 2.89. The molecule has 0 saturated heterocycles. The van der Waals surface area contributed by atoms with Crippen molar-refractivity contribution in [2.45, 2.75) is 12.8 Å². The Morgan fingerprint density at radius 2 is 2.06 bits per heavy atom. The van der Waals surface area contributed by atoms with E-state index in [-0.39, 0.29) is 11.8 Å². The van der Waals surface area contributed by atoms with E-state index in [1.807, 2.05) is 35.0 Å². The molecule has 4 heteroatoms. The van der Waals surface area contributed by atoms with Crippen molar-refractivity contribution in [2.75, 3.05) is 5.32 Å². The van der Waals surface area contributed by atoms with Gasteiger partial charge in [0, 0.05) is 29.7 Å². The number of amides is 1. The molecule has 0 radical (unpaired) electrons. The van der Waals surface area contributed by atoms with Gasteiger partial charge in [-0.15, -0.1) is 0 Å². The lowest BCUT2D eigenvalue weighted by atomic mass is 10.2. The van der Waals surface area contributed by atoms with Crippen molar-refractivity contribution >= 4 is 11.6 Å². The molecule has 1 aromatic carbocycles. The number of carbonyl (C=O) groups is 1. The standard InChI is InChI=1S/C13H13N3O/c17-13(10-1-2-10)15-11-3-5-12(6-4-11)16-8-7-14-9-16/h3-10H,1-2H2,(H,15,17). The molecule has 0 bridgehead atoms. The lowest BCUT2D eigenvalue weighted by Crippen LogP contribution is -2.13. The van der Waals surface area contributed by atoms with Gasteiger partial charge < -0.3 is 9.88 Å². The summed E-state index contributed by atoms with van der Waals surface area (Å²) in [5.41, 5.74) is 1.89. The first-order chi connectivity index (χ1) is 8.33. The molecule has 1 fully saturated rings. The lowest BCUT2D eigenvalue weighted by Gasteiger charge is -2.06. The summed E-state index contributed by atoms with van der Waals surface area (Å²) in [5.74, 6) is 0.378. The number of nitrogens with one attached hydrogen (secondary N) is 1. The van der Waals surface area contributed by atoms with Crippen LogP contribution in [0.2, 0.25) is 0 Å². The molecule has 1 aliphatic carbocycles. The number of anilines is 1. The summed E-state index contributed by atoms with van der Waals surface area (Å²) in [5, 5.41) is 2.91. The van der Waals surface area contributed by atoms with Gasteiger partial charge in [-0.25, -0.2) is 4.98 Å². The fraction of sp³-hybridized carbons (Fsp3) is 0.231. The Morgan fingerprint density at radius 1 is 1.29 bits per heavy atom. The van der Waals surface area contributed by atoms with Crippen LogP contribution in [0.3, 0.4) is 0 Å². The third-order valence-electron chi connectivity index (χ3n) is 2.89. The fourth-order valence-corrected chi connectivity index (χ4v) is 1.72. The number of imidazole rings is 1. The van der Waals surface area contributed by atoms with Crippen LogP contribution in [0, 0.1) is 5.92 Å². The SMILES string of the molecule is O=C(Nc1ccc(-n2ccnc2)cc1)C1CC1. The first-order valence-corrected chi connectivity index (χ1v) is 5.72. The van der Waals surface area contributed by atoms with Crippen molar-refractivity contribution in [1.82, 2.24) is 9.55 Å². The van der Waals surface area contributed by atoms with Gasteiger partial charge in [-0.1, -0.05) is 0 Å². The molecule has 1 aromatic heterocycles. The highest BCUT2D eigenvalue weighted by Gasteiger charge is 2.29. The minimum atomic E-state index is 0.139. The second-order valence-electron chi connectivity index (χ2n) is 4.28. The van der Waals surface area contributed by atoms with E-state index in [1.165, 1.54) is 0 Å². The maximum absolute atomic E-state index is 11.6. The Kier molecular flexibility index (Phi) is 2.40. The van der Waals surface area contributed by atoms with Crippen LogP contribution in [0.1, 0.15) is 12.8 Å². The van der Waals surface area contributed by atoms with E-state index < -0.39 is 0 Å². The average Bonchev–Trinajstić information content (AvgIpc) is 3.07. The molecule has 1 N–H and O–H groups in total. The zero-order valence-electron chi connectivity index (χ0n) is 9.34. The molecule has 0 atom stereocenters. The molecule has 1 heterocycles. The normalized spacial score (nSPS) is 14.6. The number of hydrogen-bond donors (Lipinski definition) is 1. The maximum Gasteiger partial charge on any atom is 0.227 e. The zero-order chi connectivity index (χ0) is 11.7. The Hall–Kier alpha value is -2.10. The summed E-state index contributed by atoms with van der Waals surface area (Å²) in [4.78, 5) is 15.6. The van der Waals surface area contributed by atoms with Crippen molar-refractivity contribution in [1.29, 1.82) is 0 Å². The van der Waals surface area contributed by atoms with Gasteiger partial charge >= 0.3 is 0 Å². The number of rotatable bonds is 3. The molecular formula is C13H13N3O. The average molecular weight is 227 g/mol. The minimum absolute atomic E-state index is 0.139. The monoisotopic (exact) mass is 227 g/mol. The largest absolute Gasteiger partial charge is 0.326 e. The molecule has 1 saturated carbocycles. The number of aromatic nitrogens is 2. The predicted octanol–water partition coefficient (Wildman–Crippen LogP) is 2.22. The van der Waals surface area contributed by atoms with E-state index in [2.05, 4.69) is 10.3 Å². The van der Waals surface area contributed by atoms with Gasteiger partial charge in [-0.2, -0.15) is 0 Å². The van der Waals surface area contributed by atoms with Crippen molar-refractivity contribution in [3.63, 3.8) is 0 Å². The topological polar surface area (TPSA) is 46.9 Å². The number of hydrogen-bond acceptors (Lipinski definition) is 2. The molecule has 1 aliphatic rings. The van der Waals surface area contributed by atoms with Crippen LogP contribution in [0.25, 0.3) is 5.69 Å². The van der Waals surface area contributed by atoms with Crippen molar-refractivity contribution in [2.24, 2.45) is 5.92 Å². The predicted molar refractivity (Wildman–Crippen MR) is 64.9 cm³/mol. The Bertz CT molecular complexity index is 512. The van der Waals surface area contributed by atoms with Gasteiger partial charge in [0.25, 0.3) is 0 Å². The van der Waals surface area contributed by atoms with Crippen LogP contribution in [0.5, 0.6) is 0 Å². The molecule has 1 amide bonds. The van der Waals surface area contributed by atoms with E-state index in [1.54, 1.807) is 12.5 Å². The second kappa shape index (κ2) is 4.05. The van der Waals surface area contributed by atoms with Gasteiger partial charge in [-0.3, -0.25) is 4.79 Å². The highest BCUT2D eigenvalue weighted by molar-refractivity contribution is 5.94. The third kappa shape index (κ3) is 2.20. The quantitative estimate of drug-likeness (QED) is 0.874. The summed E-state index contributed by atoms with van der Waals surface area (Å²) in [6.07, 6.45) is 7.43. The summed E-state index contributed by atoms with van der Waals surface area (Å²) >= 11 is 0. The molecule has 4 nitrogen and oxygen atoms in total. The number of carbonyl (C=O) groups excluding carboxylic acids is 1. The maximum atomic E-state index is 11.6. The number of nitrogens with zero attached hydrogens (tertiary/aromatic N) is 2. The van der Waals surface area contributed by atoms with Gasteiger partial charge in [0.1, 0.15) is 0 Å². The zero-order valence-corrected chi connectivity index (χ0v) is 9.34. The highest BCUT2D eigenvalue weighted by Crippen LogP contribution is 2.30. The van der Waals surface area contributed by atoms with Gasteiger partial charge in [0.05, 0.1) is 6.33 Å². The Morgan fingerprint density at radius 3 is 2.65 bits per heavy atom. The van der Waals surface area contributed by atoms with E-state index >= 15 is 0 Å². The van der Waals surface area contributed by atoms with Crippen LogP contribution >= 0.6 is 0 Å². The van der Waals surface area contributed by atoms with Gasteiger partial charge in [0.15, 0.2) is 0 Å². The van der Waals surface area contributed by atoms with Crippen molar-refractivity contribution < 1.29 is 4.79 Å². The number of benzene rings is 1. The summed E-state index contributed by atoms with van der Waals surface area (Å²) in [6.45, 7) is 0. The van der Waals surface area contributed by atoms with E-state index in [9.17, 15) is 4.79 Å². The molecule has 0 aliphatic heterocycles. The molecule has 86 valence electrons. The summed E-state index contributed by atoms with van der Waals surface area (Å²) in [6, 6.07) is 7.75. The summed E-state index contributed by atoms with van der Waals surface area (Å²) < 4.78 is 1.92. The molecule has 2 aromatic rings.